The smallest absolute Gasteiger partial charge is 0.331 e. The van der Waals surface area contributed by atoms with Crippen LogP contribution in [0.15, 0.2) is 77.8 Å². The summed E-state index contributed by atoms with van der Waals surface area (Å²) in [6, 6.07) is 1.98. The first kappa shape index (κ1) is 80.1. The molecule has 1 aliphatic rings. The number of guanidine groups is 1. The average molecular weight is 1360 g/mol. The first-order chi connectivity index (χ1) is 45.7. The fraction of sp³-hybridized carbons (Fsp3) is 0.554. The van der Waals surface area contributed by atoms with E-state index in [2.05, 4.69) is 47.5 Å². The Bertz CT molecular complexity index is 3260. The molecule has 11 amide bonds. The second-order valence-electron chi connectivity index (χ2n) is 25.3. The van der Waals surface area contributed by atoms with Crippen molar-refractivity contribution >= 4 is 87.7 Å². The van der Waals surface area contributed by atoms with E-state index in [1.165, 1.54) is 44.2 Å². The summed E-state index contributed by atoms with van der Waals surface area (Å²) in [5.41, 5.74) is 23.6. The van der Waals surface area contributed by atoms with Crippen molar-refractivity contribution in [1.29, 1.82) is 0 Å². The molecule has 15 atom stereocenters. The summed E-state index contributed by atoms with van der Waals surface area (Å²) in [4.78, 5) is 175. The summed E-state index contributed by atoms with van der Waals surface area (Å²) < 4.78 is 5.97. The van der Waals surface area contributed by atoms with Crippen molar-refractivity contribution in [2.45, 2.75) is 186 Å². The number of primary amides is 1. The molecule has 1 saturated heterocycles. The number of aliphatic hydroxyl groups is 4. The number of aliphatic hydroxyl groups excluding tert-OH is 4. The van der Waals surface area contributed by atoms with Crippen LogP contribution in [0.2, 0.25) is 0 Å². The lowest BCUT2D eigenvalue weighted by Crippen LogP contribution is -2.64. The summed E-state index contributed by atoms with van der Waals surface area (Å²) in [6.45, 7) is 11.7. The number of benzene rings is 3. The number of carbonyl (C=O) groups excluding carboxylic acids is 12. The lowest BCUT2D eigenvalue weighted by molar-refractivity contribution is -0.159. The number of esters is 1. The largest absolute Gasteiger partial charge is 0.453 e. The van der Waals surface area contributed by atoms with Crippen molar-refractivity contribution in [3.05, 3.63) is 83.9 Å². The molecule has 4 rings (SSSR count). The molecule has 0 aliphatic carbocycles. The molecule has 1 heterocycles. The van der Waals surface area contributed by atoms with Crippen LogP contribution in [0.4, 0.5) is 0 Å². The molecule has 1 fully saturated rings. The third-order valence-corrected chi connectivity index (χ3v) is 16.0. The van der Waals surface area contributed by atoms with Crippen molar-refractivity contribution in [3.63, 3.8) is 0 Å². The van der Waals surface area contributed by atoms with Crippen LogP contribution in [-0.4, -0.2) is 196 Å². The Morgan fingerprint density at radius 2 is 1.22 bits per heavy atom. The molecular weight excluding hydrogens is 1260 g/mol. The van der Waals surface area contributed by atoms with E-state index in [0.717, 1.165) is 17.7 Å². The van der Waals surface area contributed by atoms with Gasteiger partial charge in [0.2, 0.25) is 65.0 Å². The minimum Gasteiger partial charge on any atom is -0.453 e. The fourth-order valence-electron chi connectivity index (χ4n) is 10.3. The molecule has 0 spiro atoms. The number of carbonyl (C=O) groups is 12. The minimum absolute atomic E-state index is 0.0150. The first-order valence-electron chi connectivity index (χ1n) is 32.2. The molecule has 0 aromatic heterocycles. The number of aliphatic imine (C=N–C) groups is 1. The lowest BCUT2D eigenvalue weighted by atomic mass is 9.95. The van der Waals surface area contributed by atoms with Crippen LogP contribution in [0.25, 0.3) is 10.8 Å². The fourth-order valence-corrected chi connectivity index (χ4v) is 10.3. The lowest BCUT2D eigenvalue weighted by Gasteiger charge is -2.33. The molecule has 1 aliphatic heterocycles. The zero-order chi connectivity index (χ0) is 72.5. The third kappa shape index (κ3) is 24.7. The Morgan fingerprint density at radius 1 is 0.639 bits per heavy atom. The van der Waals surface area contributed by atoms with E-state index in [1.54, 1.807) is 47.6 Å². The molecule has 3 aromatic carbocycles. The molecule has 32 nitrogen and oxygen atoms in total. The van der Waals surface area contributed by atoms with Crippen LogP contribution in [0.5, 0.6) is 0 Å². The summed E-state index contributed by atoms with van der Waals surface area (Å²) in [5, 5.41) is 70.3. The molecule has 0 saturated carbocycles. The average Bonchev–Trinajstić information content (AvgIpc) is 0.840. The van der Waals surface area contributed by atoms with Crippen LogP contribution in [0.3, 0.4) is 0 Å². The van der Waals surface area contributed by atoms with Gasteiger partial charge in [0, 0.05) is 6.54 Å². The van der Waals surface area contributed by atoms with E-state index in [9.17, 15) is 68.4 Å². The highest BCUT2D eigenvalue weighted by molar-refractivity contribution is 6.00. The second kappa shape index (κ2) is 38.4. The monoisotopic (exact) mass is 1360 g/mol. The van der Waals surface area contributed by atoms with Gasteiger partial charge in [0.1, 0.15) is 48.3 Å². The van der Waals surface area contributed by atoms with Crippen molar-refractivity contribution in [2.75, 3.05) is 19.7 Å². The number of nitrogens with two attached hydrogens (primary N) is 4. The van der Waals surface area contributed by atoms with Crippen LogP contribution >= 0.6 is 0 Å². The molecule has 534 valence electrons. The number of hydrogen-bond donors (Lipinski definition) is 18. The molecule has 22 N–H and O–H groups in total. The van der Waals surface area contributed by atoms with Crippen molar-refractivity contribution in [2.24, 2.45) is 51.6 Å². The van der Waals surface area contributed by atoms with E-state index in [4.69, 9.17) is 27.7 Å². The van der Waals surface area contributed by atoms with Gasteiger partial charge < -0.3 is 101 Å². The molecule has 0 radical (unpaired) electrons. The topological polar surface area (TPSA) is 532 Å². The number of ether oxygens (including phenoxy) is 1. The van der Waals surface area contributed by atoms with Gasteiger partial charge in [-0.05, 0) is 84.6 Å². The molecule has 32 heteroatoms. The first-order valence-corrected chi connectivity index (χ1v) is 32.2. The summed E-state index contributed by atoms with van der Waals surface area (Å²) >= 11 is 0. The minimum atomic E-state index is -2.58. The summed E-state index contributed by atoms with van der Waals surface area (Å²) in [5.74, 6) is -17.3. The van der Waals surface area contributed by atoms with E-state index < -0.39 is 187 Å². The predicted octanol–water partition coefficient (Wildman–Crippen LogP) is -4.08. The van der Waals surface area contributed by atoms with Crippen molar-refractivity contribution < 1.29 is 82.7 Å². The van der Waals surface area contributed by atoms with E-state index in [0.29, 0.717) is 5.56 Å². The van der Waals surface area contributed by atoms with Crippen LogP contribution in [0, 0.1) is 23.7 Å². The van der Waals surface area contributed by atoms with Gasteiger partial charge in [-0.1, -0.05) is 135 Å². The van der Waals surface area contributed by atoms with Gasteiger partial charge in [0.05, 0.1) is 31.4 Å². The van der Waals surface area contributed by atoms with Gasteiger partial charge in [-0.15, -0.1) is 0 Å². The molecule has 3 aromatic rings. The van der Waals surface area contributed by atoms with Gasteiger partial charge in [0.25, 0.3) is 0 Å². The molecule has 0 bridgehead atoms. The SMILES string of the molecule is CC[C@H](C)C1NC(=O)[C@@H](CCCN=C(N)N)NC(=O)[C@H](CC(C)C)NC(=O)[C@H]([C@H](O)C(C)C)NC(=O)[C@@H](NC(=O)[C@H](CC(C)C)NC(=O)[C@H](N)Cc2ccc3ccccc3c2)[C@@H](c2ccccc2)OC(=O)[C@H](CO)NC(=O)[C@H]([C@H](O)C(N)=O)NC(=O)CNC(=O)C([C@H](C)O)NC1=O. The van der Waals surface area contributed by atoms with Crippen LogP contribution < -0.4 is 76.1 Å². The maximum absolute atomic E-state index is 15.5. The standard InChI is InChI=1S/C65H97N15O17/c1-10-34(8)46-60(92)78-47(35(9)82)59(91)71-29-45(83)76-49(52(85)54(67)86)62(94)75-44(30-81)64(96)97-53(38-18-12-11-13-19-38)50(80-58(90)43(26-32(4)5)73-55(87)40(66)28-36-22-23-37-17-14-15-20-39(37)27-36)63(95)79-48(51(84)33(6)7)61(93)74-42(25-31(2)3)57(89)72-41(56(88)77-46)21-16-24-70-65(68)69/h11-15,17-20,22-23,27,31-35,40-44,46-53,81-82,84-85H,10,16,21,24-26,28-30,66H2,1-9H3,(H2,67,86)(H,71,91)(H,72,89)(H,73,87)(H,74,93)(H,75,94)(H,76,83)(H,77,88)(H,78,92)(H,79,95)(H,80,90)(H4,68,69,70)/t34-,35-,40+,41+,42-,43-,44-,46?,47?,48-,49-,50-,51+,52-,53+/m0/s1. The Hall–Kier alpha value is -9.37. The number of rotatable bonds is 23. The van der Waals surface area contributed by atoms with Crippen LogP contribution in [-0.2, 0) is 68.7 Å². The van der Waals surface area contributed by atoms with E-state index in [1.807, 2.05) is 47.0 Å². The maximum atomic E-state index is 15.5. The molecule has 97 heavy (non-hydrogen) atoms. The van der Waals surface area contributed by atoms with E-state index >= 15 is 9.59 Å². The number of cyclic esters (lactones) is 1. The Morgan fingerprint density at radius 3 is 1.80 bits per heavy atom. The molecular formula is C65H97N15O17. The number of nitrogens with zero attached hydrogens (tertiary/aromatic N) is 1. The zero-order valence-corrected chi connectivity index (χ0v) is 56.0. The van der Waals surface area contributed by atoms with E-state index in [-0.39, 0.29) is 62.5 Å². The number of nitrogens with one attached hydrogen (secondary N) is 10. The normalized spacial score (nSPS) is 23.7. The van der Waals surface area contributed by atoms with Gasteiger partial charge in [-0.3, -0.25) is 57.7 Å². The second-order valence-corrected chi connectivity index (χ2v) is 25.3. The molecule has 2 unspecified atom stereocenters. The maximum Gasteiger partial charge on any atom is 0.331 e. The predicted molar refractivity (Wildman–Crippen MR) is 354 cm³/mol. The van der Waals surface area contributed by atoms with Gasteiger partial charge in [-0.25, -0.2) is 4.79 Å². The van der Waals surface area contributed by atoms with Crippen LogP contribution in [0.1, 0.15) is 112 Å². The quantitative estimate of drug-likeness (QED) is 0.0186. The zero-order valence-electron chi connectivity index (χ0n) is 56.0. The van der Waals surface area contributed by atoms with Gasteiger partial charge in [0.15, 0.2) is 24.2 Å². The number of amides is 11. The highest BCUT2D eigenvalue weighted by Gasteiger charge is 2.44. The summed E-state index contributed by atoms with van der Waals surface area (Å²) in [7, 11) is 0. The van der Waals surface area contributed by atoms with Crippen molar-refractivity contribution in [1.82, 2.24) is 53.2 Å². The highest BCUT2D eigenvalue weighted by Crippen LogP contribution is 2.25. The third-order valence-electron chi connectivity index (χ3n) is 16.0. The van der Waals surface area contributed by atoms with Gasteiger partial charge >= 0.3 is 5.97 Å². The Labute approximate surface area is 562 Å². The number of hydrogen-bond acceptors (Lipinski definition) is 19. The Kier molecular flexibility index (Phi) is 31.7. The van der Waals surface area contributed by atoms with Crippen molar-refractivity contribution in [3.8, 4) is 0 Å². The Balaban J connectivity index is 1.96. The summed E-state index contributed by atoms with van der Waals surface area (Å²) in [6.07, 6.45) is -8.35. The highest BCUT2D eigenvalue weighted by atomic mass is 16.5. The number of fused-ring (bicyclic) bond motifs is 1. The van der Waals surface area contributed by atoms with Gasteiger partial charge in [-0.2, -0.15) is 0 Å².